The number of pyridine rings is 2. The van der Waals surface area contributed by atoms with Gasteiger partial charge < -0.3 is 23.7 Å². The van der Waals surface area contributed by atoms with E-state index in [1.165, 1.54) is 5.56 Å². The van der Waals surface area contributed by atoms with Crippen LogP contribution in [0.3, 0.4) is 0 Å². The molecule has 6 heterocycles. The van der Waals surface area contributed by atoms with Crippen molar-refractivity contribution in [1.82, 2.24) is 23.8 Å². The molecule has 41 heavy (non-hydrogen) atoms. The van der Waals surface area contributed by atoms with Gasteiger partial charge in [0.25, 0.3) is 5.56 Å². The van der Waals surface area contributed by atoms with Crippen LogP contribution in [0, 0.1) is 5.92 Å². The van der Waals surface area contributed by atoms with Gasteiger partial charge >= 0.3 is 0 Å². The van der Waals surface area contributed by atoms with Gasteiger partial charge in [0.15, 0.2) is 17.2 Å². The summed E-state index contributed by atoms with van der Waals surface area (Å²) in [6.45, 7) is 8.34. The second-order valence-corrected chi connectivity index (χ2v) is 12.0. The van der Waals surface area contributed by atoms with Gasteiger partial charge in [0.1, 0.15) is 0 Å². The first-order valence-corrected chi connectivity index (χ1v) is 14.6. The topological polar surface area (TPSA) is 92.4 Å². The maximum absolute atomic E-state index is 12.9. The molecule has 0 aliphatic carbocycles. The standard InChI is InChI=1S/C31H37N5O5/c1-32-24(18-35-15-22-11-23(17-35)25-3-2-4-30(38)36(25)16-22)13-27(37)31(39)26(32)19-34-9-7-33(8-10-34)14-21-5-6-28-29(12-21)41-20-40-28/h2-6,12-13,22-23,39H,7-11,14-20H2,1H3. The highest BCUT2D eigenvalue weighted by molar-refractivity contribution is 5.44. The third-order valence-electron chi connectivity index (χ3n) is 9.26. The fourth-order valence-electron chi connectivity index (χ4n) is 7.09. The summed E-state index contributed by atoms with van der Waals surface area (Å²) in [5, 5.41) is 10.8. The summed E-state index contributed by atoms with van der Waals surface area (Å²) in [6, 6.07) is 13.3. The van der Waals surface area contributed by atoms with E-state index in [-0.39, 0.29) is 23.5 Å². The lowest BCUT2D eigenvalue weighted by molar-refractivity contribution is 0.110. The number of piperazine rings is 1. The fourth-order valence-corrected chi connectivity index (χ4v) is 7.09. The molecule has 2 bridgehead atoms. The minimum absolute atomic E-state index is 0.0880. The van der Waals surface area contributed by atoms with E-state index in [1.54, 1.807) is 12.1 Å². The number of aromatic nitrogens is 2. The molecule has 2 unspecified atom stereocenters. The van der Waals surface area contributed by atoms with Gasteiger partial charge in [0.2, 0.25) is 12.2 Å². The lowest BCUT2D eigenvalue weighted by Gasteiger charge is -2.43. The van der Waals surface area contributed by atoms with Crippen LogP contribution in [0.2, 0.25) is 0 Å². The van der Waals surface area contributed by atoms with Gasteiger partial charge in [-0.1, -0.05) is 12.1 Å². The monoisotopic (exact) mass is 559 g/mol. The lowest BCUT2D eigenvalue weighted by atomic mass is 9.83. The van der Waals surface area contributed by atoms with E-state index in [1.807, 2.05) is 28.3 Å². The normalized spacial score (nSPS) is 22.6. The Kier molecular flexibility index (Phi) is 6.84. The zero-order chi connectivity index (χ0) is 28.1. The Bertz CT molecular complexity index is 1570. The second kappa shape index (κ2) is 10.7. The summed E-state index contributed by atoms with van der Waals surface area (Å²) in [5.74, 6) is 2.20. The number of hydrogen-bond donors (Lipinski definition) is 1. The van der Waals surface area contributed by atoms with Gasteiger partial charge in [0, 0.05) is 102 Å². The maximum atomic E-state index is 12.9. The van der Waals surface area contributed by atoms with Crippen LogP contribution in [0.4, 0.5) is 0 Å². The number of hydrogen-bond acceptors (Lipinski definition) is 8. The van der Waals surface area contributed by atoms with Gasteiger partial charge in [-0.05, 0) is 36.1 Å². The molecular weight excluding hydrogens is 522 g/mol. The predicted octanol–water partition coefficient (Wildman–Crippen LogP) is 1.92. The minimum Gasteiger partial charge on any atom is -0.503 e. The lowest BCUT2D eigenvalue weighted by Crippen LogP contribution is -2.47. The molecule has 1 N–H and O–H groups in total. The average molecular weight is 560 g/mol. The summed E-state index contributed by atoms with van der Waals surface area (Å²) in [6.07, 6.45) is 1.10. The number of nitrogens with zero attached hydrogens (tertiary/aromatic N) is 5. The van der Waals surface area contributed by atoms with Gasteiger partial charge in [-0.3, -0.25) is 24.3 Å². The summed E-state index contributed by atoms with van der Waals surface area (Å²) in [4.78, 5) is 32.4. The van der Waals surface area contributed by atoms with Crippen molar-refractivity contribution >= 4 is 0 Å². The molecule has 2 atom stereocenters. The van der Waals surface area contributed by atoms with Gasteiger partial charge in [-0.15, -0.1) is 0 Å². The van der Waals surface area contributed by atoms with E-state index >= 15 is 0 Å². The molecule has 2 fully saturated rings. The largest absolute Gasteiger partial charge is 0.503 e. The molecule has 1 aromatic carbocycles. The van der Waals surface area contributed by atoms with Crippen LogP contribution in [0.25, 0.3) is 0 Å². The second-order valence-electron chi connectivity index (χ2n) is 12.0. The summed E-state index contributed by atoms with van der Waals surface area (Å²) in [5.41, 5.74) is 3.68. The van der Waals surface area contributed by atoms with E-state index < -0.39 is 0 Å². The number of benzene rings is 1. The molecule has 2 saturated heterocycles. The van der Waals surface area contributed by atoms with Crippen molar-refractivity contribution in [2.75, 3.05) is 46.1 Å². The van der Waals surface area contributed by atoms with Crippen LogP contribution in [0.1, 0.15) is 35.0 Å². The minimum atomic E-state index is -0.316. The molecule has 2 aromatic heterocycles. The molecule has 4 aliphatic rings. The number of rotatable bonds is 6. The van der Waals surface area contributed by atoms with Crippen molar-refractivity contribution in [2.45, 2.75) is 38.5 Å². The highest BCUT2D eigenvalue weighted by Gasteiger charge is 2.35. The van der Waals surface area contributed by atoms with Crippen molar-refractivity contribution in [3.63, 3.8) is 0 Å². The molecule has 10 heteroatoms. The van der Waals surface area contributed by atoms with Gasteiger partial charge in [0.05, 0.1) is 5.69 Å². The quantitative estimate of drug-likeness (QED) is 0.490. The van der Waals surface area contributed by atoms with E-state index in [2.05, 4.69) is 32.9 Å². The first-order chi connectivity index (χ1) is 19.9. The Balaban J connectivity index is 1.01. The van der Waals surface area contributed by atoms with E-state index in [0.29, 0.717) is 30.6 Å². The fraction of sp³-hybridized carbons (Fsp3) is 0.484. The van der Waals surface area contributed by atoms with Crippen LogP contribution in [-0.4, -0.2) is 75.0 Å². The number of ether oxygens (including phenoxy) is 2. The van der Waals surface area contributed by atoms with Gasteiger partial charge in [-0.2, -0.15) is 0 Å². The van der Waals surface area contributed by atoms with Crippen molar-refractivity contribution in [3.05, 3.63) is 85.7 Å². The van der Waals surface area contributed by atoms with Crippen LogP contribution in [0.5, 0.6) is 17.2 Å². The maximum Gasteiger partial charge on any atom is 0.250 e. The Morgan fingerprint density at radius 1 is 0.854 bits per heavy atom. The summed E-state index contributed by atoms with van der Waals surface area (Å²) < 4.78 is 14.9. The zero-order valence-electron chi connectivity index (χ0n) is 23.5. The summed E-state index contributed by atoms with van der Waals surface area (Å²) >= 11 is 0. The number of likely N-dealkylation sites (tertiary alicyclic amines) is 1. The van der Waals surface area contributed by atoms with Crippen LogP contribution >= 0.6 is 0 Å². The molecule has 0 amide bonds. The van der Waals surface area contributed by atoms with E-state index in [0.717, 1.165) is 81.7 Å². The Morgan fingerprint density at radius 3 is 2.46 bits per heavy atom. The first-order valence-electron chi connectivity index (χ1n) is 14.6. The smallest absolute Gasteiger partial charge is 0.250 e. The van der Waals surface area contributed by atoms with Crippen molar-refractivity contribution in [1.29, 1.82) is 0 Å². The molecule has 7 rings (SSSR count). The highest BCUT2D eigenvalue weighted by atomic mass is 16.7. The highest BCUT2D eigenvalue weighted by Crippen LogP contribution is 2.36. The SMILES string of the molecule is Cn1c(CN2CC3CC(C2)c2cccc(=O)n2C3)cc(=O)c(O)c1CN1CCN(Cc2ccc3c(c2)OCO3)CC1. The average Bonchev–Trinajstić information content (AvgIpc) is 3.44. The number of piperidine rings is 1. The molecule has 3 aromatic rings. The van der Waals surface area contributed by atoms with Crippen LogP contribution in [-0.2, 0) is 33.2 Å². The third kappa shape index (κ3) is 5.16. The third-order valence-corrected chi connectivity index (χ3v) is 9.26. The molecule has 4 aliphatic heterocycles. The molecule has 0 saturated carbocycles. The molecule has 0 spiro atoms. The van der Waals surface area contributed by atoms with Crippen LogP contribution in [0.15, 0.2) is 52.1 Å². The zero-order valence-corrected chi connectivity index (χ0v) is 23.5. The Morgan fingerprint density at radius 2 is 1.63 bits per heavy atom. The van der Waals surface area contributed by atoms with Crippen molar-refractivity contribution in [3.8, 4) is 17.2 Å². The Hall–Kier alpha value is -3.60. The summed E-state index contributed by atoms with van der Waals surface area (Å²) in [7, 11) is 1.96. The molecule has 216 valence electrons. The predicted molar refractivity (Wildman–Crippen MR) is 153 cm³/mol. The van der Waals surface area contributed by atoms with E-state index in [9.17, 15) is 14.7 Å². The first kappa shape index (κ1) is 26.3. The van der Waals surface area contributed by atoms with Gasteiger partial charge in [-0.25, -0.2) is 0 Å². The molecule has 10 nitrogen and oxygen atoms in total. The van der Waals surface area contributed by atoms with Crippen molar-refractivity contribution < 1.29 is 14.6 Å². The number of aromatic hydroxyl groups is 1. The molecule has 0 radical (unpaired) electrons. The molecular formula is C31H37N5O5. The number of fused-ring (bicyclic) bond motifs is 5. The van der Waals surface area contributed by atoms with Crippen LogP contribution < -0.4 is 20.5 Å². The van der Waals surface area contributed by atoms with Crippen molar-refractivity contribution in [2.24, 2.45) is 13.0 Å². The Labute approximate surface area is 238 Å². The van der Waals surface area contributed by atoms with E-state index in [4.69, 9.17) is 9.47 Å².